The van der Waals surface area contributed by atoms with Crippen LogP contribution in [-0.4, -0.2) is 19.9 Å². The van der Waals surface area contributed by atoms with Crippen molar-refractivity contribution in [1.29, 1.82) is 0 Å². The van der Waals surface area contributed by atoms with Crippen molar-refractivity contribution in [3.8, 4) is 0 Å². The number of hydrogen-bond acceptors (Lipinski definition) is 3. The molecule has 0 amide bonds. The summed E-state index contributed by atoms with van der Waals surface area (Å²) in [5.41, 5.74) is 1.52. The first-order valence-corrected chi connectivity index (χ1v) is 3.19. The highest BCUT2D eigenvalue weighted by molar-refractivity contribution is 5.69. The van der Waals surface area contributed by atoms with Crippen molar-refractivity contribution in [2.75, 3.05) is 0 Å². The van der Waals surface area contributed by atoms with Crippen LogP contribution in [0.25, 0.3) is 17.2 Å². The number of H-pyrrole nitrogens is 1. The zero-order valence-corrected chi connectivity index (χ0v) is 5.78. The van der Waals surface area contributed by atoms with Gasteiger partial charge in [0.15, 0.2) is 11.5 Å². The third-order valence-electron chi connectivity index (χ3n) is 1.38. The van der Waals surface area contributed by atoms with E-state index < -0.39 is 0 Å². The first kappa shape index (κ1) is 6.03. The molecule has 0 aliphatic rings. The summed E-state index contributed by atoms with van der Waals surface area (Å²) >= 11 is 0. The summed E-state index contributed by atoms with van der Waals surface area (Å²) in [4.78, 5) is 15.0. The molecule has 0 saturated carbocycles. The minimum Gasteiger partial charge on any atom is -0.342 e. The smallest absolute Gasteiger partial charge is 0.181 e. The second-order valence-electron chi connectivity index (χ2n) is 2.07. The van der Waals surface area contributed by atoms with Gasteiger partial charge < -0.3 is 4.98 Å². The number of hydrogen-bond donors (Lipinski definition) is 1. The Hall–Kier alpha value is -1.71. The van der Waals surface area contributed by atoms with E-state index in [1.54, 1.807) is 18.6 Å². The van der Waals surface area contributed by atoms with E-state index in [-0.39, 0.29) is 0 Å². The van der Waals surface area contributed by atoms with Gasteiger partial charge in [-0.2, -0.15) is 0 Å². The van der Waals surface area contributed by atoms with Gasteiger partial charge in [-0.3, -0.25) is 0 Å². The largest absolute Gasteiger partial charge is 0.342 e. The van der Waals surface area contributed by atoms with Gasteiger partial charge in [-0.05, 0) is 6.08 Å². The first-order valence-electron chi connectivity index (χ1n) is 3.19. The molecule has 4 nitrogen and oxygen atoms in total. The standard InChI is InChI=1S/C7H6N4/c1-2-6-8-3-5-7(11-6)10-4-9-5/h2-4H,1H2,(H,8,9,10,11). The molecule has 0 aromatic carbocycles. The van der Waals surface area contributed by atoms with Crippen molar-refractivity contribution in [3.05, 3.63) is 24.9 Å². The Bertz CT molecular complexity index is 390. The summed E-state index contributed by atoms with van der Waals surface area (Å²) in [6.45, 7) is 3.56. The number of aromatic nitrogens is 4. The van der Waals surface area contributed by atoms with Crippen LogP contribution in [-0.2, 0) is 0 Å². The van der Waals surface area contributed by atoms with E-state index in [1.807, 2.05) is 0 Å². The average molecular weight is 146 g/mol. The van der Waals surface area contributed by atoms with Crippen molar-refractivity contribution >= 4 is 17.2 Å². The highest BCUT2D eigenvalue weighted by Crippen LogP contribution is 2.03. The highest BCUT2D eigenvalue weighted by atomic mass is 15.0. The SMILES string of the molecule is C=Cc1ncc2[nH]cnc2n1. The molecule has 2 rings (SSSR count). The Morgan fingerprint density at radius 1 is 1.45 bits per heavy atom. The molecule has 0 aliphatic carbocycles. The minimum absolute atomic E-state index is 0.601. The highest BCUT2D eigenvalue weighted by Gasteiger charge is 1.96. The summed E-state index contributed by atoms with van der Waals surface area (Å²) in [7, 11) is 0. The van der Waals surface area contributed by atoms with E-state index in [4.69, 9.17) is 0 Å². The molecule has 2 aromatic heterocycles. The molecule has 54 valence electrons. The Balaban J connectivity index is 2.76. The zero-order valence-electron chi connectivity index (χ0n) is 5.78. The van der Waals surface area contributed by atoms with Crippen LogP contribution in [0, 0.1) is 0 Å². The number of nitrogens with zero attached hydrogens (tertiary/aromatic N) is 3. The van der Waals surface area contributed by atoms with Crippen molar-refractivity contribution < 1.29 is 0 Å². The fourth-order valence-electron chi connectivity index (χ4n) is 0.848. The lowest BCUT2D eigenvalue weighted by atomic mass is 10.5. The van der Waals surface area contributed by atoms with E-state index in [0.717, 1.165) is 5.52 Å². The molecule has 2 aromatic rings. The van der Waals surface area contributed by atoms with E-state index in [1.165, 1.54) is 0 Å². The van der Waals surface area contributed by atoms with Gasteiger partial charge in [0.25, 0.3) is 0 Å². The van der Waals surface area contributed by atoms with E-state index in [0.29, 0.717) is 11.5 Å². The van der Waals surface area contributed by atoms with Crippen molar-refractivity contribution in [1.82, 2.24) is 19.9 Å². The van der Waals surface area contributed by atoms with Crippen molar-refractivity contribution in [3.63, 3.8) is 0 Å². The van der Waals surface area contributed by atoms with Gasteiger partial charge in [0.1, 0.15) is 5.52 Å². The van der Waals surface area contributed by atoms with Gasteiger partial charge in [0.05, 0.1) is 12.5 Å². The van der Waals surface area contributed by atoms with Crippen LogP contribution in [0.2, 0.25) is 0 Å². The molecular weight excluding hydrogens is 140 g/mol. The third kappa shape index (κ3) is 0.881. The lowest BCUT2D eigenvalue weighted by Crippen LogP contribution is -1.86. The van der Waals surface area contributed by atoms with Crippen LogP contribution in [0.15, 0.2) is 19.1 Å². The third-order valence-corrected chi connectivity index (χ3v) is 1.38. The molecule has 0 radical (unpaired) electrons. The van der Waals surface area contributed by atoms with Crippen LogP contribution in [0.4, 0.5) is 0 Å². The number of nitrogens with one attached hydrogen (secondary N) is 1. The Kier molecular flexibility index (Phi) is 1.18. The van der Waals surface area contributed by atoms with Gasteiger partial charge in [0.2, 0.25) is 0 Å². The molecule has 0 bridgehead atoms. The summed E-state index contributed by atoms with van der Waals surface area (Å²) in [5, 5.41) is 0. The van der Waals surface area contributed by atoms with Crippen LogP contribution in [0.5, 0.6) is 0 Å². The normalized spacial score (nSPS) is 10.2. The molecule has 4 heteroatoms. The summed E-state index contributed by atoms with van der Waals surface area (Å²) in [6.07, 6.45) is 4.87. The zero-order chi connectivity index (χ0) is 7.68. The van der Waals surface area contributed by atoms with Gasteiger partial charge in [-0.1, -0.05) is 6.58 Å². The number of aromatic amines is 1. The minimum atomic E-state index is 0.601. The Morgan fingerprint density at radius 3 is 3.18 bits per heavy atom. The summed E-state index contributed by atoms with van der Waals surface area (Å²) in [5.74, 6) is 0.601. The first-order chi connectivity index (χ1) is 5.40. The predicted molar refractivity (Wildman–Crippen MR) is 41.8 cm³/mol. The Labute approximate surface area is 63.0 Å². The topological polar surface area (TPSA) is 54.5 Å². The van der Waals surface area contributed by atoms with E-state index in [9.17, 15) is 0 Å². The molecule has 0 spiro atoms. The van der Waals surface area contributed by atoms with Gasteiger partial charge in [-0.15, -0.1) is 0 Å². The second-order valence-corrected chi connectivity index (χ2v) is 2.07. The lowest BCUT2D eigenvalue weighted by molar-refractivity contribution is 1.17. The molecule has 1 N–H and O–H groups in total. The second kappa shape index (κ2) is 2.16. The van der Waals surface area contributed by atoms with Crippen LogP contribution >= 0.6 is 0 Å². The van der Waals surface area contributed by atoms with Gasteiger partial charge in [-0.25, -0.2) is 15.0 Å². The van der Waals surface area contributed by atoms with Crippen LogP contribution in [0.1, 0.15) is 5.82 Å². The number of rotatable bonds is 1. The van der Waals surface area contributed by atoms with Gasteiger partial charge in [0, 0.05) is 0 Å². The fraction of sp³-hybridized carbons (Fsp3) is 0. The molecule has 0 saturated heterocycles. The maximum atomic E-state index is 4.08. The molecule has 0 atom stereocenters. The van der Waals surface area contributed by atoms with Crippen LogP contribution < -0.4 is 0 Å². The van der Waals surface area contributed by atoms with Gasteiger partial charge >= 0.3 is 0 Å². The predicted octanol–water partition coefficient (Wildman–Crippen LogP) is 0.996. The molecular formula is C7H6N4. The van der Waals surface area contributed by atoms with Crippen molar-refractivity contribution in [2.24, 2.45) is 0 Å². The maximum absolute atomic E-state index is 4.08. The van der Waals surface area contributed by atoms with Crippen LogP contribution in [0.3, 0.4) is 0 Å². The maximum Gasteiger partial charge on any atom is 0.181 e. The molecule has 2 heterocycles. The molecule has 0 fully saturated rings. The monoisotopic (exact) mass is 146 g/mol. The molecule has 11 heavy (non-hydrogen) atoms. The number of fused-ring (bicyclic) bond motifs is 1. The van der Waals surface area contributed by atoms with Crippen molar-refractivity contribution in [2.45, 2.75) is 0 Å². The van der Waals surface area contributed by atoms with E-state index in [2.05, 4.69) is 26.5 Å². The van der Waals surface area contributed by atoms with E-state index >= 15 is 0 Å². The average Bonchev–Trinajstić information content (AvgIpc) is 2.50. The number of imidazole rings is 1. The quantitative estimate of drug-likeness (QED) is 0.652. The Morgan fingerprint density at radius 2 is 2.36 bits per heavy atom. The summed E-state index contributed by atoms with van der Waals surface area (Å²) in [6, 6.07) is 0. The summed E-state index contributed by atoms with van der Waals surface area (Å²) < 4.78 is 0. The fourth-order valence-corrected chi connectivity index (χ4v) is 0.848. The molecule has 0 unspecified atom stereocenters. The lowest BCUT2D eigenvalue weighted by Gasteiger charge is -1.88. The molecule has 0 aliphatic heterocycles.